The minimum Gasteiger partial charge on any atom is -0.455 e. The molecule has 6 aromatic rings. The number of fused-ring (bicyclic) bond motifs is 3. The zero-order valence-electron chi connectivity index (χ0n) is 21.4. The third-order valence-corrected chi connectivity index (χ3v) is 7.16. The molecule has 0 aliphatic carbocycles. The lowest BCUT2D eigenvalue weighted by Crippen LogP contribution is -2.10. The number of furan rings is 1. The Balaban J connectivity index is 1.68. The maximum atomic E-state index is 8.18. The van der Waals surface area contributed by atoms with Gasteiger partial charge in [0.1, 0.15) is 11.2 Å². The molecular formula is C35H29NO. The Morgan fingerprint density at radius 3 is 1.84 bits per heavy atom. The first-order chi connectivity index (χ1) is 17.9. The Bertz CT molecular complexity index is 1740. The van der Waals surface area contributed by atoms with Gasteiger partial charge in [-0.05, 0) is 51.4 Å². The molecule has 0 spiro atoms. The van der Waals surface area contributed by atoms with Crippen molar-refractivity contribution in [1.82, 2.24) is 0 Å². The molecule has 0 radical (unpaired) electrons. The minimum absolute atomic E-state index is 0.0929. The molecule has 37 heavy (non-hydrogen) atoms. The molecule has 6 rings (SSSR count). The highest BCUT2D eigenvalue weighted by atomic mass is 16.3. The Hall–Kier alpha value is -4.43. The first-order valence-electron chi connectivity index (χ1n) is 12.7. The Kier molecular flexibility index (Phi) is 5.53. The van der Waals surface area contributed by atoms with Crippen LogP contribution in [0.1, 0.15) is 31.9 Å². The van der Waals surface area contributed by atoms with Crippen LogP contribution in [0.15, 0.2) is 114 Å². The third-order valence-electron chi connectivity index (χ3n) is 7.16. The lowest BCUT2D eigenvalue weighted by molar-refractivity contribution is 0.590. The number of benzene rings is 5. The van der Waals surface area contributed by atoms with Crippen LogP contribution < -0.4 is 0 Å². The van der Waals surface area contributed by atoms with Crippen LogP contribution in [-0.4, -0.2) is 6.21 Å². The summed E-state index contributed by atoms with van der Waals surface area (Å²) in [5.74, 6) is 0. The van der Waals surface area contributed by atoms with Crippen LogP contribution in [0.2, 0.25) is 0 Å². The van der Waals surface area contributed by atoms with Gasteiger partial charge in [0.2, 0.25) is 0 Å². The minimum atomic E-state index is 0.0929. The van der Waals surface area contributed by atoms with E-state index in [9.17, 15) is 0 Å². The van der Waals surface area contributed by atoms with Crippen LogP contribution in [0.3, 0.4) is 0 Å². The van der Waals surface area contributed by atoms with Gasteiger partial charge in [-0.3, -0.25) is 0 Å². The molecule has 1 heterocycles. The van der Waals surface area contributed by atoms with Crippen LogP contribution in [0, 0.1) is 5.41 Å². The summed E-state index contributed by atoms with van der Waals surface area (Å²) >= 11 is 0. The molecule has 1 aromatic heterocycles. The van der Waals surface area contributed by atoms with Gasteiger partial charge < -0.3 is 9.83 Å². The van der Waals surface area contributed by atoms with Gasteiger partial charge in [-0.15, -0.1) is 0 Å². The smallest absolute Gasteiger partial charge is 0.143 e. The summed E-state index contributed by atoms with van der Waals surface area (Å²) < 4.78 is 6.75. The molecular weight excluding hydrogens is 450 g/mol. The van der Waals surface area contributed by atoms with Crippen LogP contribution >= 0.6 is 0 Å². The van der Waals surface area contributed by atoms with E-state index in [2.05, 4.69) is 112 Å². The maximum Gasteiger partial charge on any atom is 0.143 e. The van der Waals surface area contributed by atoms with E-state index in [1.807, 2.05) is 18.2 Å². The summed E-state index contributed by atoms with van der Waals surface area (Å²) in [6, 6.07) is 38.2. The average molecular weight is 480 g/mol. The number of rotatable bonds is 4. The first-order valence-corrected chi connectivity index (χ1v) is 12.7. The van der Waals surface area contributed by atoms with Crippen molar-refractivity contribution in [3.05, 3.63) is 120 Å². The standard InChI is InChI=1S/C35H29NO/c1-35(2,3)28-17-14-25(15-18-28)29-19-16-26(22-36)32-31-21-27(23-10-6-4-7-11-23)20-30(33(31)37-34(29)32)24-12-8-5-9-13-24/h4-22,36H,1-3H3. The monoisotopic (exact) mass is 479 g/mol. The van der Waals surface area contributed by atoms with Crippen molar-refractivity contribution in [3.8, 4) is 33.4 Å². The topological polar surface area (TPSA) is 37.0 Å². The summed E-state index contributed by atoms with van der Waals surface area (Å²) in [6.45, 7) is 6.69. The van der Waals surface area contributed by atoms with Gasteiger partial charge >= 0.3 is 0 Å². The second kappa shape index (κ2) is 8.90. The molecule has 5 aromatic carbocycles. The van der Waals surface area contributed by atoms with Gasteiger partial charge in [-0.25, -0.2) is 0 Å². The summed E-state index contributed by atoms with van der Waals surface area (Å²) in [5, 5.41) is 10.2. The van der Waals surface area contributed by atoms with Gasteiger partial charge in [-0.1, -0.05) is 112 Å². The van der Waals surface area contributed by atoms with Gasteiger partial charge in [-0.2, -0.15) is 0 Å². The van der Waals surface area contributed by atoms with E-state index in [0.717, 1.165) is 60.9 Å². The molecule has 2 heteroatoms. The average Bonchev–Trinajstić information content (AvgIpc) is 3.32. The molecule has 0 saturated carbocycles. The van der Waals surface area contributed by atoms with Crippen molar-refractivity contribution in [3.63, 3.8) is 0 Å². The van der Waals surface area contributed by atoms with Crippen molar-refractivity contribution in [2.24, 2.45) is 0 Å². The van der Waals surface area contributed by atoms with E-state index in [1.54, 1.807) is 0 Å². The van der Waals surface area contributed by atoms with Crippen molar-refractivity contribution in [1.29, 1.82) is 5.41 Å². The Morgan fingerprint density at radius 1 is 0.595 bits per heavy atom. The number of hydrogen-bond acceptors (Lipinski definition) is 2. The van der Waals surface area contributed by atoms with E-state index < -0.39 is 0 Å². The lowest BCUT2D eigenvalue weighted by Gasteiger charge is -2.19. The Labute approximate surface area is 217 Å². The van der Waals surface area contributed by atoms with Crippen molar-refractivity contribution in [2.45, 2.75) is 26.2 Å². The Morgan fingerprint density at radius 2 is 1.22 bits per heavy atom. The fourth-order valence-electron chi connectivity index (χ4n) is 5.14. The van der Waals surface area contributed by atoms with Crippen molar-refractivity contribution in [2.75, 3.05) is 0 Å². The zero-order valence-corrected chi connectivity index (χ0v) is 21.4. The molecule has 1 N–H and O–H groups in total. The molecule has 180 valence electrons. The molecule has 0 fully saturated rings. The van der Waals surface area contributed by atoms with Gasteiger partial charge in [0, 0.05) is 33.7 Å². The lowest BCUT2D eigenvalue weighted by atomic mass is 9.86. The fourth-order valence-corrected chi connectivity index (χ4v) is 5.14. The largest absolute Gasteiger partial charge is 0.455 e. The van der Waals surface area contributed by atoms with E-state index in [-0.39, 0.29) is 5.41 Å². The molecule has 2 nitrogen and oxygen atoms in total. The predicted molar refractivity (Wildman–Crippen MR) is 157 cm³/mol. The third kappa shape index (κ3) is 4.05. The highest BCUT2D eigenvalue weighted by molar-refractivity contribution is 6.19. The quantitative estimate of drug-likeness (QED) is 0.251. The first kappa shape index (κ1) is 23.0. The highest BCUT2D eigenvalue weighted by Crippen LogP contribution is 2.43. The van der Waals surface area contributed by atoms with E-state index in [4.69, 9.17) is 9.83 Å². The summed E-state index contributed by atoms with van der Waals surface area (Å²) in [4.78, 5) is 0. The summed E-state index contributed by atoms with van der Waals surface area (Å²) in [7, 11) is 0. The van der Waals surface area contributed by atoms with Crippen LogP contribution in [0.4, 0.5) is 0 Å². The van der Waals surface area contributed by atoms with Gasteiger partial charge in [0.15, 0.2) is 0 Å². The molecule has 0 aliphatic rings. The summed E-state index contributed by atoms with van der Waals surface area (Å²) in [5.41, 5.74) is 10.5. The van der Waals surface area contributed by atoms with Gasteiger partial charge in [0.05, 0.1) is 0 Å². The molecule has 0 amide bonds. The fraction of sp³-hybridized carbons (Fsp3) is 0.114. The molecule has 0 aliphatic heterocycles. The predicted octanol–water partition coefficient (Wildman–Crippen LogP) is 9.88. The zero-order chi connectivity index (χ0) is 25.6. The van der Waals surface area contributed by atoms with E-state index in [0.29, 0.717) is 0 Å². The van der Waals surface area contributed by atoms with Gasteiger partial charge in [0.25, 0.3) is 0 Å². The second-order valence-corrected chi connectivity index (χ2v) is 10.6. The van der Waals surface area contributed by atoms with Crippen LogP contribution in [0.5, 0.6) is 0 Å². The van der Waals surface area contributed by atoms with E-state index in [1.165, 1.54) is 11.8 Å². The number of nitrogens with one attached hydrogen (secondary N) is 1. The molecule has 0 saturated heterocycles. The SMILES string of the molecule is CC(C)(C)c1ccc(-c2ccc(C=N)c3c2oc2c(-c4ccccc4)cc(-c4ccccc4)cc23)cc1. The summed E-state index contributed by atoms with van der Waals surface area (Å²) in [6.07, 6.45) is 1.43. The molecule has 0 atom stereocenters. The normalized spacial score (nSPS) is 11.8. The molecule has 0 bridgehead atoms. The highest BCUT2D eigenvalue weighted by Gasteiger charge is 2.20. The van der Waals surface area contributed by atoms with Crippen molar-refractivity contribution < 1.29 is 4.42 Å². The second-order valence-electron chi connectivity index (χ2n) is 10.6. The van der Waals surface area contributed by atoms with Crippen LogP contribution in [0.25, 0.3) is 55.3 Å². The van der Waals surface area contributed by atoms with Crippen molar-refractivity contribution >= 4 is 28.2 Å². The molecule has 0 unspecified atom stereocenters. The maximum absolute atomic E-state index is 8.18. The van der Waals surface area contributed by atoms with Crippen LogP contribution in [-0.2, 0) is 5.41 Å². The number of hydrogen-bond donors (Lipinski definition) is 1. The van der Waals surface area contributed by atoms with E-state index >= 15 is 0 Å².